The van der Waals surface area contributed by atoms with E-state index in [1.54, 1.807) is 25.2 Å². The Morgan fingerprint density at radius 2 is 1.85 bits per heavy atom. The first-order chi connectivity index (χ1) is 12.9. The maximum absolute atomic E-state index is 12.6. The molecule has 0 radical (unpaired) electrons. The fourth-order valence-electron chi connectivity index (χ4n) is 3.17. The maximum Gasteiger partial charge on any atom is 0.226 e. The van der Waals surface area contributed by atoms with Gasteiger partial charge in [-0.25, -0.2) is 13.1 Å². The van der Waals surface area contributed by atoms with Gasteiger partial charge in [-0.2, -0.15) is 0 Å². The smallest absolute Gasteiger partial charge is 0.226 e. The van der Waals surface area contributed by atoms with Gasteiger partial charge >= 0.3 is 0 Å². The molecule has 1 aliphatic rings. The minimum absolute atomic E-state index is 0.0366. The Labute approximate surface area is 162 Å². The fourth-order valence-corrected chi connectivity index (χ4v) is 4.70. The molecule has 1 saturated heterocycles. The van der Waals surface area contributed by atoms with Crippen molar-refractivity contribution in [2.45, 2.75) is 45.1 Å². The van der Waals surface area contributed by atoms with E-state index in [0.717, 1.165) is 12.0 Å². The number of rotatable bonds is 9. The van der Waals surface area contributed by atoms with Crippen LogP contribution in [0.2, 0.25) is 0 Å². The maximum atomic E-state index is 12.6. The summed E-state index contributed by atoms with van der Waals surface area (Å²) in [6, 6.07) is 5.37. The lowest BCUT2D eigenvalue weighted by atomic mass is 10.0. The predicted molar refractivity (Wildman–Crippen MR) is 105 cm³/mol. The van der Waals surface area contributed by atoms with Crippen molar-refractivity contribution < 1.29 is 22.7 Å². The Morgan fingerprint density at radius 3 is 2.44 bits per heavy atom. The first kappa shape index (κ1) is 21.5. The van der Waals surface area contributed by atoms with Gasteiger partial charge in [-0.15, -0.1) is 0 Å². The summed E-state index contributed by atoms with van der Waals surface area (Å²) < 4.78 is 37.3. The summed E-state index contributed by atoms with van der Waals surface area (Å²) >= 11 is 0. The van der Waals surface area contributed by atoms with Crippen LogP contribution in [0.15, 0.2) is 18.2 Å². The molecule has 0 spiro atoms. The van der Waals surface area contributed by atoms with Crippen LogP contribution in [0.5, 0.6) is 11.5 Å². The van der Waals surface area contributed by atoms with Crippen LogP contribution in [0, 0.1) is 0 Å². The molecule has 1 aromatic carbocycles. The Bertz CT molecular complexity index is 728. The number of likely N-dealkylation sites (tertiary alicyclic amines) is 1. The zero-order valence-electron chi connectivity index (χ0n) is 16.4. The summed E-state index contributed by atoms with van der Waals surface area (Å²) in [4.78, 5) is 14.4. The number of piperidine rings is 1. The number of carbonyl (C=O) groups is 1. The van der Waals surface area contributed by atoms with Crippen molar-refractivity contribution in [1.29, 1.82) is 0 Å². The normalized spacial score (nSPS) is 15.6. The molecule has 152 valence electrons. The van der Waals surface area contributed by atoms with Crippen LogP contribution in [0.1, 0.15) is 38.2 Å². The topological polar surface area (TPSA) is 84.9 Å². The summed E-state index contributed by atoms with van der Waals surface area (Å²) in [6.07, 6.45) is 3.08. The van der Waals surface area contributed by atoms with Crippen molar-refractivity contribution >= 4 is 15.9 Å². The minimum Gasteiger partial charge on any atom is -0.493 e. The molecule has 0 aromatic heterocycles. The molecule has 0 aliphatic carbocycles. The third kappa shape index (κ3) is 6.39. The van der Waals surface area contributed by atoms with Crippen LogP contribution >= 0.6 is 0 Å². The highest BCUT2D eigenvalue weighted by molar-refractivity contribution is 7.89. The van der Waals surface area contributed by atoms with Crippen molar-refractivity contribution in [2.75, 3.05) is 33.1 Å². The van der Waals surface area contributed by atoms with Gasteiger partial charge in [-0.1, -0.05) is 19.4 Å². The van der Waals surface area contributed by atoms with Gasteiger partial charge in [-0.3, -0.25) is 4.79 Å². The number of carbonyl (C=O) groups excluding carboxylic acids is 1. The summed E-state index contributed by atoms with van der Waals surface area (Å²) in [5.41, 5.74) is 0.861. The highest BCUT2D eigenvalue weighted by atomic mass is 32.2. The number of ether oxygens (including phenoxy) is 2. The van der Waals surface area contributed by atoms with Gasteiger partial charge in [0.1, 0.15) is 0 Å². The van der Waals surface area contributed by atoms with Crippen molar-refractivity contribution in [3.05, 3.63) is 23.8 Å². The average molecular weight is 399 g/mol. The van der Waals surface area contributed by atoms with E-state index in [4.69, 9.17) is 9.47 Å². The lowest BCUT2D eigenvalue weighted by Crippen LogP contribution is -2.47. The lowest BCUT2D eigenvalue weighted by Gasteiger charge is -2.32. The Kier molecular flexibility index (Phi) is 7.91. The first-order valence-electron chi connectivity index (χ1n) is 9.37. The van der Waals surface area contributed by atoms with Gasteiger partial charge in [0.25, 0.3) is 0 Å². The van der Waals surface area contributed by atoms with Crippen molar-refractivity contribution in [3.8, 4) is 11.5 Å². The first-order valence-corrected chi connectivity index (χ1v) is 11.0. The Balaban J connectivity index is 1.86. The number of methoxy groups -OCH3 is 2. The largest absolute Gasteiger partial charge is 0.493 e. The molecule has 0 unspecified atom stereocenters. The molecular formula is C19H30N2O5S. The zero-order valence-corrected chi connectivity index (χ0v) is 17.2. The highest BCUT2D eigenvalue weighted by Crippen LogP contribution is 2.28. The van der Waals surface area contributed by atoms with Crippen LogP contribution in [-0.4, -0.2) is 58.3 Å². The monoisotopic (exact) mass is 398 g/mol. The second kappa shape index (κ2) is 9.94. The number of amides is 1. The molecule has 2 rings (SSSR count). The van der Waals surface area contributed by atoms with Gasteiger partial charge in [0.15, 0.2) is 11.5 Å². The molecule has 0 saturated carbocycles. The SMILES string of the molecule is CCCCS(=O)(=O)NC1CCN(C(=O)Cc2ccc(OC)c(OC)c2)CC1. The number of sulfonamides is 1. The lowest BCUT2D eigenvalue weighted by molar-refractivity contribution is -0.131. The van der Waals surface area contributed by atoms with Crippen LogP contribution in [-0.2, 0) is 21.2 Å². The van der Waals surface area contributed by atoms with Crippen LogP contribution in [0.25, 0.3) is 0 Å². The van der Waals surface area contributed by atoms with Crippen molar-refractivity contribution in [2.24, 2.45) is 0 Å². The molecule has 7 nitrogen and oxygen atoms in total. The second-order valence-electron chi connectivity index (χ2n) is 6.81. The van der Waals surface area contributed by atoms with Crippen LogP contribution in [0.3, 0.4) is 0 Å². The third-order valence-electron chi connectivity index (χ3n) is 4.76. The third-order valence-corrected chi connectivity index (χ3v) is 6.28. The molecule has 0 atom stereocenters. The van der Waals surface area contributed by atoms with Crippen molar-refractivity contribution in [3.63, 3.8) is 0 Å². The molecule has 8 heteroatoms. The quantitative estimate of drug-likeness (QED) is 0.687. The van der Waals surface area contributed by atoms with Gasteiger partial charge in [-0.05, 0) is 37.0 Å². The van der Waals surface area contributed by atoms with E-state index in [9.17, 15) is 13.2 Å². The van der Waals surface area contributed by atoms with Gasteiger partial charge in [0.05, 0.1) is 26.4 Å². The van der Waals surface area contributed by atoms with E-state index < -0.39 is 10.0 Å². The number of nitrogens with zero attached hydrogens (tertiary/aromatic N) is 1. The molecule has 1 aromatic rings. The van der Waals surface area contributed by atoms with Crippen molar-refractivity contribution in [1.82, 2.24) is 9.62 Å². The number of unbranched alkanes of at least 4 members (excludes halogenated alkanes) is 1. The van der Waals surface area contributed by atoms with E-state index in [-0.39, 0.29) is 24.1 Å². The molecule has 1 N–H and O–H groups in total. The molecule has 0 bridgehead atoms. The molecule has 27 heavy (non-hydrogen) atoms. The summed E-state index contributed by atoms with van der Waals surface area (Å²) in [6.45, 7) is 3.10. The zero-order chi connectivity index (χ0) is 19.9. The molecule has 1 fully saturated rings. The van der Waals surface area contributed by atoms with E-state index in [1.807, 2.05) is 19.1 Å². The predicted octanol–water partition coefficient (Wildman–Crippen LogP) is 1.96. The summed E-state index contributed by atoms with van der Waals surface area (Å²) in [5.74, 6) is 1.43. The number of hydrogen-bond donors (Lipinski definition) is 1. The average Bonchev–Trinajstić information content (AvgIpc) is 2.66. The Morgan fingerprint density at radius 1 is 1.19 bits per heavy atom. The summed E-state index contributed by atoms with van der Waals surface area (Å²) in [7, 11) is -0.0852. The molecular weight excluding hydrogens is 368 g/mol. The number of hydrogen-bond acceptors (Lipinski definition) is 5. The van der Waals surface area contributed by atoms with E-state index in [2.05, 4.69) is 4.72 Å². The molecule has 1 amide bonds. The van der Waals surface area contributed by atoms with Crippen LogP contribution in [0.4, 0.5) is 0 Å². The van der Waals surface area contributed by atoms with E-state index in [0.29, 0.717) is 43.9 Å². The second-order valence-corrected chi connectivity index (χ2v) is 8.68. The van der Waals surface area contributed by atoms with Crippen LogP contribution < -0.4 is 14.2 Å². The highest BCUT2D eigenvalue weighted by Gasteiger charge is 2.25. The van der Waals surface area contributed by atoms with Gasteiger partial charge < -0.3 is 14.4 Å². The standard InChI is InChI=1S/C19H30N2O5S/c1-4-5-12-27(23,24)20-16-8-10-21(11-9-16)19(22)14-15-6-7-17(25-2)18(13-15)26-3/h6-7,13,16,20H,4-5,8-12,14H2,1-3H3. The van der Waals surface area contributed by atoms with Gasteiger partial charge in [0.2, 0.25) is 15.9 Å². The molecule has 1 heterocycles. The fraction of sp³-hybridized carbons (Fsp3) is 0.632. The molecule has 1 aliphatic heterocycles. The van der Waals surface area contributed by atoms with E-state index in [1.165, 1.54) is 0 Å². The van der Waals surface area contributed by atoms with Gasteiger partial charge in [0, 0.05) is 19.1 Å². The minimum atomic E-state index is -3.22. The van der Waals surface area contributed by atoms with E-state index >= 15 is 0 Å². The Hall–Kier alpha value is -1.80. The number of benzene rings is 1. The summed E-state index contributed by atoms with van der Waals surface area (Å²) in [5, 5.41) is 0. The number of nitrogens with one attached hydrogen (secondary N) is 1.